The maximum Gasteiger partial charge on any atom is 0.254 e. The quantitative estimate of drug-likeness (QED) is 0.851. The van der Waals surface area contributed by atoms with E-state index in [1.165, 1.54) is 0 Å². The highest BCUT2D eigenvalue weighted by Crippen LogP contribution is 2.30. The van der Waals surface area contributed by atoms with Gasteiger partial charge < -0.3 is 4.74 Å². The molecule has 0 spiro atoms. The van der Waals surface area contributed by atoms with Crippen LogP contribution in [-0.2, 0) is 13.0 Å². The molecule has 4 nitrogen and oxygen atoms in total. The van der Waals surface area contributed by atoms with Crippen molar-refractivity contribution in [1.82, 2.24) is 9.55 Å². The molecule has 0 aliphatic carbocycles. The van der Waals surface area contributed by atoms with Crippen molar-refractivity contribution < 1.29 is 4.74 Å². The number of rotatable bonds is 2. The molecule has 0 fully saturated rings. The first kappa shape index (κ1) is 13.9. The minimum atomic E-state index is 0.0429. The first-order chi connectivity index (χ1) is 9.98. The zero-order chi connectivity index (χ0) is 15.0. The third-order valence-corrected chi connectivity index (χ3v) is 4.12. The fraction of sp³-hybridized carbons (Fsp3) is 0.412. The molecule has 110 valence electrons. The monoisotopic (exact) mass is 284 g/mol. The lowest BCUT2D eigenvalue weighted by Crippen LogP contribution is -2.34. The van der Waals surface area contributed by atoms with E-state index in [1.807, 2.05) is 24.3 Å². The lowest BCUT2D eigenvalue weighted by molar-refractivity contribution is 0.260. The zero-order valence-electron chi connectivity index (χ0n) is 12.7. The number of benzene rings is 1. The van der Waals surface area contributed by atoms with Gasteiger partial charge in [-0.25, -0.2) is 4.98 Å². The molecule has 2 aromatic rings. The van der Waals surface area contributed by atoms with Gasteiger partial charge in [0.25, 0.3) is 5.56 Å². The van der Waals surface area contributed by atoms with Crippen molar-refractivity contribution in [2.45, 2.75) is 33.2 Å². The van der Waals surface area contributed by atoms with Crippen LogP contribution in [0.5, 0.6) is 5.75 Å². The van der Waals surface area contributed by atoms with Gasteiger partial charge in [0.1, 0.15) is 11.6 Å². The highest BCUT2D eigenvalue weighted by atomic mass is 16.5. The molecule has 4 heteroatoms. The molecule has 1 aliphatic heterocycles. The topological polar surface area (TPSA) is 44.1 Å². The molecule has 0 amide bonds. The Labute approximate surface area is 124 Å². The average Bonchev–Trinajstić information content (AvgIpc) is 2.45. The van der Waals surface area contributed by atoms with Crippen LogP contribution in [0.4, 0.5) is 0 Å². The summed E-state index contributed by atoms with van der Waals surface area (Å²) < 4.78 is 6.96. The number of hydrogen-bond donors (Lipinski definition) is 0. The minimum absolute atomic E-state index is 0.0429. The number of ether oxygens (including phenoxy) is 1. The summed E-state index contributed by atoms with van der Waals surface area (Å²) in [5.41, 5.74) is 1.94. The van der Waals surface area contributed by atoms with Crippen LogP contribution in [0, 0.1) is 5.41 Å². The normalized spacial score (nSPS) is 16.3. The van der Waals surface area contributed by atoms with Gasteiger partial charge in [0.15, 0.2) is 0 Å². The molecule has 21 heavy (non-hydrogen) atoms. The van der Waals surface area contributed by atoms with E-state index in [4.69, 9.17) is 9.72 Å². The van der Waals surface area contributed by atoms with Gasteiger partial charge in [-0.05, 0) is 36.1 Å². The highest BCUT2D eigenvalue weighted by Gasteiger charge is 2.27. The second-order valence-corrected chi connectivity index (χ2v) is 6.37. The van der Waals surface area contributed by atoms with Gasteiger partial charge in [-0.2, -0.15) is 0 Å². The van der Waals surface area contributed by atoms with Crippen molar-refractivity contribution >= 4 is 0 Å². The predicted molar refractivity (Wildman–Crippen MR) is 82.6 cm³/mol. The molecular formula is C17H20N2O2. The Morgan fingerprint density at radius 3 is 2.62 bits per heavy atom. The van der Waals surface area contributed by atoms with Gasteiger partial charge in [-0.15, -0.1) is 0 Å². The van der Waals surface area contributed by atoms with Gasteiger partial charge in [0.2, 0.25) is 0 Å². The molecule has 2 heterocycles. The Balaban J connectivity index is 2.04. The predicted octanol–water partition coefficient (Wildman–Crippen LogP) is 2.89. The smallest absolute Gasteiger partial charge is 0.254 e. The first-order valence-electron chi connectivity index (χ1n) is 7.24. The third kappa shape index (κ3) is 2.71. The van der Waals surface area contributed by atoms with E-state index in [2.05, 4.69) is 13.8 Å². The minimum Gasteiger partial charge on any atom is -0.497 e. The van der Waals surface area contributed by atoms with Crippen LogP contribution in [0.25, 0.3) is 11.3 Å². The number of methoxy groups -OCH3 is 1. The van der Waals surface area contributed by atoms with Gasteiger partial charge in [-0.3, -0.25) is 9.36 Å². The molecule has 0 saturated carbocycles. The first-order valence-corrected chi connectivity index (χ1v) is 7.24. The van der Waals surface area contributed by atoms with E-state index >= 15 is 0 Å². The maximum absolute atomic E-state index is 12.3. The Bertz CT molecular complexity index is 715. The lowest BCUT2D eigenvalue weighted by atomic mass is 9.83. The Hall–Kier alpha value is -2.10. The Morgan fingerprint density at radius 1 is 1.24 bits per heavy atom. The SMILES string of the molecule is COc1ccc(-c2cc(=O)n3c(n2)CC(C)(C)CC3)cc1. The van der Waals surface area contributed by atoms with E-state index in [9.17, 15) is 4.79 Å². The molecule has 0 unspecified atom stereocenters. The third-order valence-electron chi connectivity index (χ3n) is 4.12. The van der Waals surface area contributed by atoms with E-state index < -0.39 is 0 Å². The van der Waals surface area contributed by atoms with Crippen LogP contribution in [0.2, 0.25) is 0 Å². The molecule has 1 aromatic heterocycles. The summed E-state index contributed by atoms with van der Waals surface area (Å²) in [6, 6.07) is 9.27. The molecule has 3 rings (SSSR count). The van der Waals surface area contributed by atoms with Crippen LogP contribution in [-0.4, -0.2) is 16.7 Å². The van der Waals surface area contributed by atoms with Crippen molar-refractivity contribution in [3.05, 3.63) is 46.5 Å². The summed E-state index contributed by atoms with van der Waals surface area (Å²) in [6.45, 7) is 5.21. The molecule has 0 atom stereocenters. The van der Waals surface area contributed by atoms with Crippen molar-refractivity contribution in [3.63, 3.8) is 0 Å². The summed E-state index contributed by atoms with van der Waals surface area (Å²) in [5, 5.41) is 0. The second kappa shape index (κ2) is 5.02. The summed E-state index contributed by atoms with van der Waals surface area (Å²) in [4.78, 5) is 17.0. The number of hydrogen-bond acceptors (Lipinski definition) is 3. The largest absolute Gasteiger partial charge is 0.497 e. The molecule has 1 aromatic carbocycles. The van der Waals surface area contributed by atoms with E-state index in [-0.39, 0.29) is 11.0 Å². The summed E-state index contributed by atoms with van der Waals surface area (Å²) in [6.07, 6.45) is 1.86. The van der Waals surface area contributed by atoms with Gasteiger partial charge >= 0.3 is 0 Å². The van der Waals surface area contributed by atoms with Crippen molar-refractivity contribution in [2.75, 3.05) is 7.11 Å². The molecule has 1 aliphatic rings. The van der Waals surface area contributed by atoms with Gasteiger partial charge in [-0.1, -0.05) is 13.8 Å². The van der Waals surface area contributed by atoms with Crippen LogP contribution >= 0.6 is 0 Å². The fourth-order valence-corrected chi connectivity index (χ4v) is 2.77. The number of nitrogens with zero attached hydrogens (tertiary/aromatic N) is 2. The van der Waals surface area contributed by atoms with E-state index in [1.54, 1.807) is 17.7 Å². The summed E-state index contributed by atoms with van der Waals surface area (Å²) in [7, 11) is 1.64. The van der Waals surface area contributed by atoms with Gasteiger partial charge in [0, 0.05) is 24.6 Å². The standard InChI is InChI=1S/C17H20N2O2/c1-17(2)8-9-19-15(11-17)18-14(10-16(19)20)12-4-6-13(21-3)7-5-12/h4-7,10H,8-9,11H2,1-3H3. The lowest BCUT2D eigenvalue weighted by Gasteiger charge is -2.31. The number of fused-ring (bicyclic) bond motifs is 1. The molecular weight excluding hydrogens is 264 g/mol. The average molecular weight is 284 g/mol. The highest BCUT2D eigenvalue weighted by molar-refractivity contribution is 5.59. The van der Waals surface area contributed by atoms with E-state index in [0.717, 1.165) is 42.2 Å². The molecule has 0 bridgehead atoms. The second-order valence-electron chi connectivity index (χ2n) is 6.37. The van der Waals surface area contributed by atoms with Crippen LogP contribution in [0.15, 0.2) is 35.1 Å². The van der Waals surface area contributed by atoms with Crippen molar-refractivity contribution in [3.8, 4) is 17.0 Å². The van der Waals surface area contributed by atoms with Crippen molar-refractivity contribution in [1.29, 1.82) is 0 Å². The number of aromatic nitrogens is 2. The van der Waals surface area contributed by atoms with Gasteiger partial charge in [0.05, 0.1) is 12.8 Å². The van der Waals surface area contributed by atoms with E-state index in [0.29, 0.717) is 0 Å². The molecule has 0 saturated heterocycles. The molecule has 0 radical (unpaired) electrons. The summed E-state index contributed by atoms with van der Waals surface area (Å²) in [5.74, 6) is 1.69. The van der Waals surface area contributed by atoms with Crippen LogP contribution in [0.1, 0.15) is 26.1 Å². The Kier molecular flexibility index (Phi) is 3.32. The Morgan fingerprint density at radius 2 is 1.95 bits per heavy atom. The molecule has 0 N–H and O–H groups in total. The fourth-order valence-electron chi connectivity index (χ4n) is 2.77. The van der Waals surface area contributed by atoms with Crippen molar-refractivity contribution in [2.24, 2.45) is 5.41 Å². The van der Waals surface area contributed by atoms with Crippen LogP contribution < -0.4 is 10.3 Å². The zero-order valence-corrected chi connectivity index (χ0v) is 12.7. The summed E-state index contributed by atoms with van der Waals surface area (Å²) >= 11 is 0. The van der Waals surface area contributed by atoms with Crippen LogP contribution in [0.3, 0.4) is 0 Å². The maximum atomic E-state index is 12.3.